The molecule has 28 heavy (non-hydrogen) atoms. The van der Waals surface area contributed by atoms with E-state index in [1.165, 1.54) is 28.5 Å². The van der Waals surface area contributed by atoms with E-state index in [9.17, 15) is 13.2 Å². The molecule has 9 nitrogen and oxygen atoms in total. The normalized spacial score (nSPS) is 14.9. The standard InChI is InChI=1S/C17H23N5O4S2/c1-13-10-14(28(24,25)22-7-2-3-8-22)4-5-15(13)26-11-16(23)18-6-9-27-17-19-12-20-21-17/h4-5,10,12H,2-3,6-9,11H2,1H3,(H,18,23)(H,19,20,21). The van der Waals surface area contributed by atoms with Gasteiger partial charge in [0.25, 0.3) is 5.91 Å². The van der Waals surface area contributed by atoms with Crippen LogP contribution in [0.1, 0.15) is 18.4 Å². The van der Waals surface area contributed by atoms with Crippen LogP contribution in [-0.4, -0.2) is 65.8 Å². The number of aromatic nitrogens is 3. The average Bonchev–Trinajstić information content (AvgIpc) is 3.38. The summed E-state index contributed by atoms with van der Waals surface area (Å²) in [5.41, 5.74) is 0.675. The van der Waals surface area contributed by atoms with Crippen LogP contribution in [0.5, 0.6) is 5.75 Å². The molecule has 0 aliphatic carbocycles. The lowest BCUT2D eigenvalue weighted by molar-refractivity contribution is -0.122. The van der Waals surface area contributed by atoms with Crippen molar-refractivity contribution in [3.05, 3.63) is 30.1 Å². The van der Waals surface area contributed by atoms with Crippen LogP contribution in [0.3, 0.4) is 0 Å². The van der Waals surface area contributed by atoms with Gasteiger partial charge in [-0.2, -0.15) is 9.40 Å². The first-order valence-corrected chi connectivity index (χ1v) is 11.4. The number of hydrogen-bond acceptors (Lipinski definition) is 7. The summed E-state index contributed by atoms with van der Waals surface area (Å²) in [4.78, 5) is 16.1. The molecule has 0 spiro atoms. The minimum atomic E-state index is -3.46. The van der Waals surface area contributed by atoms with Gasteiger partial charge in [-0.3, -0.25) is 9.89 Å². The Kier molecular flexibility index (Phi) is 6.92. The molecular weight excluding hydrogens is 402 g/mol. The number of aromatic amines is 1. The maximum atomic E-state index is 12.6. The zero-order valence-corrected chi connectivity index (χ0v) is 17.2. The number of carbonyl (C=O) groups is 1. The topological polar surface area (TPSA) is 117 Å². The summed E-state index contributed by atoms with van der Waals surface area (Å²) in [5.74, 6) is 0.904. The number of sulfonamides is 1. The molecule has 2 aromatic rings. The lowest BCUT2D eigenvalue weighted by atomic mass is 10.2. The van der Waals surface area contributed by atoms with Crippen LogP contribution in [0.4, 0.5) is 0 Å². The fraction of sp³-hybridized carbons (Fsp3) is 0.471. The third-order valence-electron chi connectivity index (χ3n) is 4.26. The monoisotopic (exact) mass is 425 g/mol. The number of ether oxygens (including phenoxy) is 1. The van der Waals surface area contributed by atoms with Gasteiger partial charge in [0.1, 0.15) is 12.1 Å². The van der Waals surface area contributed by atoms with E-state index in [2.05, 4.69) is 20.5 Å². The molecule has 0 saturated carbocycles. The highest BCUT2D eigenvalue weighted by Crippen LogP contribution is 2.26. The van der Waals surface area contributed by atoms with E-state index in [4.69, 9.17) is 4.74 Å². The highest BCUT2D eigenvalue weighted by Gasteiger charge is 2.27. The Balaban J connectivity index is 1.47. The number of rotatable bonds is 9. The van der Waals surface area contributed by atoms with Gasteiger partial charge in [0.15, 0.2) is 11.8 Å². The van der Waals surface area contributed by atoms with Crippen LogP contribution in [-0.2, 0) is 14.8 Å². The summed E-state index contributed by atoms with van der Waals surface area (Å²) in [6.07, 6.45) is 3.22. The summed E-state index contributed by atoms with van der Waals surface area (Å²) in [6, 6.07) is 4.72. The molecule has 1 aromatic heterocycles. The van der Waals surface area contributed by atoms with E-state index in [0.29, 0.717) is 41.9 Å². The molecule has 1 aromatic carbocycles. The third-order valence-corrected chi connectivity index (χ3v) is 7.04. The third kappa shape index (κ3) is 5.24. The van der Waals surface area contributed by atoms with Gasteiger partial charge in [-0.05, 0) is 43.5 Å². The first kappa shape index (κ1) is 20.6. The average molecular weight is 426 g/mol. The number of hydrogen-bond donors (Lipinski definition) is 2. The minimum absolute atomic E-state index is 0.133. The van der Waals surface area contributed by atoms with Gasteiger partial charge in [0.2, 0.25) is 10.0 Å². The molecule has 1 fully saturated rings. The summed E-state index contributed by atoms with van der Waals surface area (Å²) in [6.45, 7) is 3.24. The number of amides is 1. The smallest absolute Gasteiger partial charge is 0.257 e. The highest BCUT2D eigenvalue weighted by atomic mass is 32.2. The van der Waals surface area contributed by atoms with E-state index < -0.39 is 10.0 Å². The van der Waals surface area contributed by atoms with Gasteiger partial charge >= 0.3 is 0 Å². The second-order valence-corrected chi connectivity index (χ2v) is 9.34. The number of carbonyl (C=O) groups excluding carboxylic acids is 1. The molecule has 1 aliphatic heterocycles. The van der Waals surface area contributed by atoms with Gasteiger partial charge in [-0.1, -0.05) is 11.8 Å². The van der Waals surface area contributed by atoms with Crippen LogP contribution in [0.2, 0.25) is 0 Å². The molecule has 1 saturated heterocycles. The molecule has 0 unspecified atom stereocenters. The number of nitrogens with zero attached hydrogens (tertiary/aromatic N) is 3. The van der Waals surface area contributed by atoms with Crippen LogP contribution in [0.25, 0.3) is 0 Å². The predicted molar refractivity (Wildman–Crippen MR) is 105 cm³/mol. The number of aryl methyl sites for hydroxylation is 1. The van der Waals surface area contributed by atoms with Gasteiger partial charge in [0, 0.05) is 25.4 Å². The van der Waals surface area contributed by atoms with E-state index in [-0.39, 0.29) is 17.4 Å². The fourth-order valence-electron chi connectivity index (χ4n) is 2.82. The van der Waals surface area contributed by atoms with Crippen LogP contribution < -0.4 is 10.1 Å². The van der Waals surface area contributed by atoms with Crippen molar-refractivity contribution < 1.29 is 17.9 Å². The Bertz CT molecular complexity index is 896. The molecule has 2 heterocycles. The van der Waals surface area contributed by atoms with Crippen molar-refractivity contribution in [3.63, 3.8) is 0 Å². The van der Waals surface area contributed by atoms with E-state index >= 15 is 0 Å². The van der Waals surface area contributed by atoms with Crippen molar-refractivity contribution in [1.82, 2.24) is 24.8 Å². The fourth-order valence-corrected chi connectivity index (χ4v) is 5.06. The lowest BCUT2D eigenvalue weighted by Gasteiger charge is -2.17. The van der Waals surface area contributed by atoms with E-state index in [1.807, 2.05) is 0 Å². The van der Waals surface area contributed by atoms with Crippen molar-refractivity contribution in [2.24, 2.45) is 0 Å². The molecule has 0 atom stereocenters. The van der Waals surface area contributed by atoms with Gasteiger partial charge in [0.05, 0.1) is 4.90 Å². The predicted octanol–water partition coefficient (Wildman–Crippen LogP) is 1.18. The number of nitrogens with one attached hydrogen (secondary N) is 2. The van der Waals surface area contributed by atoms with Gasteiger partial charge < -0.3 is 10.1 Å². The zero-order chi connectivity index (χ0) is 20.0. The first-order valence-electron chi connectivity index (χ1n) is 8.95. The zero-order valence-electron chi connectivity index (χ0n) is 15.6. The SMILES string of the molecule is Cc1cc(S(=O)(=O)N2CCCC2)ccc1OCC(=O)NCCSc1ncn[nH]1. The number of thioether (sulfide) groups is 1. The molecule has 11 heteroatoms. The number of H-pyrrole nitrogens is 1. The van der Waals surface area contributed by atoms with Crippen LogP contribution in [0.15, 0.2) is 34.6 Å². The Morgan fingerprint density at radius 2 is 2.14 bits per heavy atom. The Labute approximate surface area is 168 Å². The molecule has 0 bridgehead atoms. The van der Waals surface area contributed by atoms with Crippen molar-refractivity contribution in [2.45, 2.75) is 29.8 Å². The molecule has 2 N–H and O–H groups in total. The summed E-state index contributed by atoms with van der Waals surface area (Å²) in [7, 11) is -3.46. The quantitative estimate of drug-likeness (QED) is 0.458. The van der Waals surface area contributed by atoms with Crippen LogP contribution >= 0.6 is 11.8 Å². The van der Waals surface area contributed by atoms with Gasteiger partial charge in [-0.15, -0.1) is 0 Å². The Morgan fingerprint density at radius 3 is 2.82 bits per heavy atom. The van der Waals surface area contributed by atoms with Gasteiger partial charge in [-0.25, -0.2) is 13.4 Å². The molecule has 1 aliphatic rings. The maximum absolute atomic E-state index is 12.6. The maximum Gasteiger partial charge on any atom is 0.257 e. The van der Waals surface area contributed by atoms with E-state index in [1.54, 1.807) is 19.1 Å². The number of benzene rings is 1. The first-order chi connectivity index (χ1) is 13.5. The molecule has 152 valence electrons. The molecule has 3 rings (SSSR count). The molecule has 0 radical (unpaired) electrons. The van der Waals surface area contributed by atoms with Crippen molar-refractivity contribution in [2.75, 3.05) is 32.0 Å². The largest absolute Gasteiger partial charge is 0.484 e. The van der Waals surface area contributed by atoms with Crippen molar-refractivity contribution >= 4 is 27.7 Å². The highest BCUT2D eigenvalue weighted by molar-refractivity contribution is 7.99. The van der Waals surface area contributed by atoms with Crippen LogP contribution in [0, 0.1) is 6.92 Å². The van der Waals surface area contributed by atoms with Crippen molar-refractivity contribution in [1.29, 1.82) is 0 Å². The summed E-state index contributed by atoms with van der Waals surface area (Å²) >= 11 is 1.45. The molecular formula is C17H23N5O4S2. The second kappa shape index (κ2) is 9.39. The lowest BCUT2D eigenvalue weighted by Crippen LogP contribution is -2.30. The Hall–Kier alpha value is -2.11. The minimum Gasteiger partial charge on any atom is -0.484 e. The van der Waals surface area contributed by atoms with Crippen molar-refractivity contribution in [3.8, 4) is 5.75 Å². The Morgan fingerprint density at radius 1 is 1.36 bits per heavy atom. The summed E-state index contributed by atoms with van der Waals surface area (Å²) in [5, 5.41) is 9.93. The summed E-state index contributed by atoms with van der Waals surface area (Å²) < 4.78 is 32.3. The van der Waals surface area contributed by atoms with E-state index in [0.717, 1.165) is 12.8 Å². The second-order valence-electron chi connectivity index (χ2n) is 6.32. The molecule has 1 amide bonds.